The zero-order valence-corrected chi connectivity index (χ0v) is 8.82. The second kappa shape index (κ2) is 4.12. The first kappa shape index (κ1) is 11.2. The van der Waals surface area contributed by atoms with Gasteiger partial charge in [-0.3, -0.25) is 4.79 Å². The van der Waals surface area contributed by atoms with E-state index in [0.29, 0.717) is 18.2 Å². The number of nitrogens with one attached hydrogen (secondary N) is 1. The molecule has 0 aromatic carbocycles. The molecule has 15 heavy (non-hydrogen) atoms. The lowest BCUT2D eigenvalue weighted by atomic mass is 9.93. The van der Waals surface area contributed by atoms with Gasteiger partial charge in [-0.05, 0) is 13.8 Å². The molecule has 6 nitrogen and oxygen atoms in total. The van der Waals surface area contributed by atoms with E-state index in [2.05, 4.69) is 15.3 Å². The molecule has 6 heteroatoms. The summed E-state index contributed by atoms with van der Waals surface area (Å²) in [6.07, 6.45) is 2.95. The Morgan fingerprint density at radius 2 is 2.13 bits per heavy atom. The van der Waals surface area contributed by atoms with Crippen molar-refractivity contribution >= 4 is 17.5 Å². The first-order valence-electron chi connectivity index (χ1n) is 4.53. The van der Waals surface area contributed by atoms with Crippen LogP contribution in [0.3, 0.4) is 0 Å². The van der Waals surface area contributed by atoms with E-state index >= 15 is 0 Å². The standard InChI is InChI=1S/C9H15N5O/c1-9(2,8(11)15)5-14-7-4-12-6(10)3-13-7/h3-4H,5H2,1-2H3,(H2,10,12)(H2,11,15)(H,13,14). The van der Waals surface area contributed by atoms with Gasteiger partial charge in [-0.2, -0.15) is 0 Å². The lowest BCUT2D eigenvalue weighted by molar-refractivity contribution is -0.125. The highest BCUT2D eigenvalue weighted by Crippen LogP contribution is 2.14. The molecule has 0 spiro atoms. The van der Waals surface area contributed by atoms with E-state index in [1.165, 1.54) is 12.4 Å². The van der Waals surface area contributed by atoms with Crippen molar-refractivity contribution in [1.82, 2.24) is 9.97 Å². The minimum Gasteiger partial charge on any atom is -0.382 e. The summed E-state index contributed by atoms with van der Waals surface area (Å²) in [4.78, 5) is 18.9. The van der Waals surface area contributed by atoms with Crippen LogP contribution in [0.25, 0.3) is 0 Å². The second-order valence-corrected chi connectivity index (χ2v) is 3.93. The molecule has 5 N–H and O–H groups in total. The third-order valence-corrected chi connectivity index (χ3v) is 2.05. The summed E-state index contributed by atoms with van der Waals surface area (Å²) in [5, 5.41) is 2.96. The predicted octanol–water partition coefficient (Wildman–Crippen LogP) is -0.0178. The Bertz CT molecular complexity index is 346. The van der Waals surface area contributed by atoms with Gasteiger partial charge in [0.25, 0.3) is 0 Å². The zero-order chi connectivity index (χ0) is 11.5. The molecule has 0 radical (unpaired) electrons. The van der Waals surface area contributed by atoms with Gasteiger partial charge in [0, 0.05) is 6.54 Å². The molecule has 0 saturated heterocycles. The molecular weight excluding hydrogens is 194 g/mol. The fourth-order valence-electron chi connectivity index (χ4n) is 0.828. The van der Waals surface area contributed by atoms with Crippen molar-refractivity contribution in [3.8, 4) is 0 Å². The third kappa shape index (κ3) is 3.08. The maximum absolute atomic E-state index is 11.0. The normalized spacial score (nSPS) is 11.1. The van der Waals surface area contributed by atoms with Gasteiger partial charge >= 0.3 is 0 Å². The summed E-state index contributed by atoms with van der Waals surface area (Å²) in [6, 6.07) is 0. The van der Waals surface area contributed by atoms with Gasteiger partial charge in [0.1, 0.15) is 11.6 Å². The van der Waals surface area contributed by atoms with Gasteiger partial charge in [-0.25, -0.2) is 9.97 Å². The smallest absolute Gasteiger partial charge is 0.224 e. The summed E-state index contributed by atoms with van der Waals surface area (Å²) in [5.41, 5.74) is 9.98. The van der Waals surface area contributed by atoms with E-state index in [0.717, 1.165) is 0 Å². The van der Waals surface area contributed by atoms with Crippen molar-refractivity contribution < 1.29 is 4.79 Å². The van der Waals surface area contributed by atoms with E-state index in [1.54, 1.807) is 13.8 Å². The van der Waals surface area contributed by atoms with Crippen molar-refractivity contribution in [3.05, 3.63) is 12.4 Å². The van der Waals surface area contributed by atoms with Crippen LogP contribution in [0.1, 0.15) is 13.8 Å². The third-order valence-electron chi connectivity index (χ3n) is 2.05. The number of primary amides is 1. The van der Waals surface area contributed by atoms with Crippen molar-refractivity contribution in [2.75, 3.05) is 17.6 Å². The first-order valence-corrected chi connectivity index (χ1v) is 4.53. The summed E-state index contributed by atoms with van der Waals surface area (Å²) in [5.74, 6) is 0.562. The number of rotatable bonds is 4. The van der Waals surface area contributed by atoms with Gasteiger partial charge in [0.15, 0.2) is 0 Å². The van der Waals surface area contributed by atoms with Gasteiger partial charge in [0.05, 0.1) is 17.8 Å². The van der Waals surface area contributed by atoms with Gasteiger partial charge in [-0.1, -0.05) is 0 Å². The summed E-state index contributed by atoms with van der Waals surface area (Å²) < 4.78 is 0. The summed E-state index contributed by atoms with van der Waals surface area (Å²) >= 11 is 0. The number of nitrogens with two attached hydrogens (primary N) is 2. The van der Waals surface area contributed by atoms with Crippen LogP contribution in [0.5, 0.6) is 0 Å². The Hall–Kier alpha value is -1.85. The SMILES string of the molecule is CC(C)(CNc1cnc(N)cn1)C(N)=O. The zero-order valence-electron chi connectivity index (χ0n) is 8.82. The molecular formula is C9H15N5O. The molecule has 1 heterocycles. The van der Waals surface area contributed by atoms with Gasteiger partial charge in [-0.15, -0.1) is 0 Å². The number of hydrogen-bond donors (Lipinski definition) is 3. The Labute approximate surface area is 88.1 Å². The van der Waals surface area contributed by atoms with Crippen LogP contribution in [0.4, 0.5) is 11.6 Å². The molecule has 1 rings (SSSR count). The minimum atomic E-state index is -0.622. The minimum absolute atomic E-state index is 0.356. The fourth-order valence-corrected chi connectivity index (χ4v) is 0.828. The first-order chi connectivity index (χ1) is 6.92. The fraction of sp³-hybridized carbons (Fsp3) is 0.444. The average molecular weight is 209 g/mol. The summed E-state index contributed by atoms with van der Waals surface area (Å²) in [7, 11) is 0. The highest BCUT2D eigenvalue weighted by molar-refractivity contribution is 5.80. The number of nitrogens with zero attached hydrogens (tertiary/aromatic N) is 2. The lowest BCUT2D eigenvalue weighted by Gasteiger charge is -2.20. The van der Waals surface area contributed by atoms with Gasteiger partial charge in [0.2, 0.25) is 5.91 Å². The highest BCUT2D eigenvalue weighted by atomic mass is 16.1. The van der Waals surface area contributed by atoms with E-state index in [1.807, 2.05) is 0 Å². The quantitative estimate of drug-likeness (QED) is 0.646. The topological polar surface area (TPSA) is 107 Å². The van der Waals surface area contributed by atoms with E-state index < -0.39 is 5.41 Å². The number of nitrogen functional groups attached to an aromatic ring is 1. The molecule has 0 unspecified atom stereocenters. The molecule has 0 aliphatic rings. The Morgan fingerprint density at radius 3 is 2.60 bits per heavy atom. The lowest BCUT2D eigenvalue weighted by Crippen LogP contribution is -2.37. The van der Waals surface area contributed by atoms with Crippen LogP contribution in [-0.2, 0) is 4.79 Å². The van der Waals surface area contributed by atoms with E-state index in [-0.39, 0.29) is 5.91 Å². The molecule has 1 amide bonds. The molecule has 0 aliphatic heterocycles. The molecule has 0 bridgehead atoms. The van der Waals surface area contributed by atoms with Crippen molar-refractivity contribution in [1.29, 1.82) is 0 Å². The van der Waals surface area contributed by atoms with Crippen LogP contribution in [-0.4, -0.2) is 22.4 Å². The second-order valence-electron chi connectivity index (χ2n) is 3.93. The van der Waals surface area contributed by atoms with Crippen LogP contribution < -0.4 is 16.8 Å². The summed E-state index contributed by atoms with van der Waals surface area (Å²) in [6.45, 7) is 3.92. The number of hydrogen-bond acceptors (Lipinski definition) is 5. The van der Waals surface area contributed by atoms with Crippen molar-refractivity contribution in [2.24, 2.45) is 11.1 Å². The number of amides is 1. The predicted molar refractivity (Wildman–Crippen MR) is 57.9 cm³/mol. The molecule has 0 aliphatic carbocycles. The maximum atomic E-state index is 11.0. The van der Waals surface area contributed by atoms with Crippen molar-refractivity contribution in [2.45, 2.75) is 13.8 Å². The van der Waals surface area contributed by atoms with E-state index in [4.69, 9.17) is 11.5 Å². The average Bonchev–Trinajstić information content (AvgIpc) is 2.17. The number of anilines is 2. The molecule has 82 valence electrons. The Kier molecular flexibility index (Phi) is 3.08. The Morgan fingerprint density at radius 1 is 1.47 bits per heavy atom. The number of aromatic nitrogens is 2. The van der Waals surface area contributed by atoms with Crippen molar-refractivity contribution in [3.63, 3.8) is 0 Å². The molecule has 1 aromatic rings. The number of carbonyl (C=O) groups is 1. The Balaban J connectivity index is 2.57. The molecule has 1 aromatic heterocycles. The van der Waals surface area contributed by atoms with E-state index in [9.17, 15) is 4.79 Å². The van der Waals surface area contributed by atoms with Crippen LogP contribution >= 0.6 is 0 Å². The highest BCUT2D eigenvalue weighted by Gasteiger charge is 2.24. The van der Waals surface area contributed by atoms with Crippen LogP contribution in [0.2, 0.25) is 0 Å². The molecule has 0 atom stereocenters. The largest absolute Gasteiger partial charge is 0.382 e. The monoisotopic (exact) mass is 209 g/mol. The maximum Gasteiger partial charge on any atom is 0.224 e. The molecule has 0 fully saturated rings. The van der Waals surface area contributed by atoms with Crippen LogP contribution in [0, 0.1) is 5.41 Å². The van der Waals surface area contributed by atoms with Gasteiger partial charge < -0.3 is 16.8 Å². The van der Waals surface area contributed by atoms with Crippen LogP contribution in [0.15, 0.2) is 12.4 Å². The molecule has 0 saturated carbocycles. The number of carbonyl (C=O) groups excluding carboxylic acids is 1.